The average Bonchev–Trinajstić information content (AvgIpc) is 2.62. The number of likely N-dealkylation sites (tertiary alicyclic amines) is 1. The summed E-state index contributed by atoms with van der Waals surface area (Å²) in [6, 6.07) is 10.7. The van der Waals surface area contributed by atoms with Crippen LogP contribution in [0.3, 0.4) is 0 Å². The van der Waals surface area contributed by atoms with Crippen LogP contribution < -0.4 is 0 Å². The SMILES string of the molecule is CC(C)N1CCC(CC(=O)N(Cc2ccccc2)C[C@@H](C)CO)CC1. The van der Waals surface area contributed by atoms with Crippen LogP contribution >= 0.6 is 0 Å². The molecule has 0 aromatic heterocycles. The lowest BCUT2D eigenvalue weighted by Crippen LogP contribution is -2.41. The van der Waals surface area contributed by atoms with Gasteiger partial charge < -0.3 is 14.9 Å². The molecule has 1 aromatic rings. The smallest absolute Gasteiger partial charge is 0.223 e. The summed E-state index contributed by atoms with van der Waals surface area (Å²) in [5.74, 6) is 0.827. The van der Waals surface area contributed by atoms with E-state index in [0.717, 1.165) is 31.5 Å². The maximum atomic E-state index is 12.9. The highest BCUT2D eigenvalue weighted by atomic mass is 16.3. The van der Waals surface area contributed by atoms with E-state index >= 15 is 0 Å². The molecule has 0 spiro atoms. The fourth-order valence-corrected chi connectivity index (χ4v) is 3.54. The number of piperidine rings is 1. The standard InChI is InChI=1S/C21H34N2O2/c1-17(2)22-11-9-19(10-12-22)13-21(25)23(14-18(3)16-24)15-20-7-5-4-6-8-20/h4-8,17-19,24H,9-16H2,1-3H3/t18-/m1/s1. The van der Waals surface area contributed by atoms with Crippen molar-refractivity contribution >= 4 is 5.91 Å². The van der Waals surface area contributed by atoms with Gasteiger partial charge in [0, 0.05) is 32.2 Å². The van der Waals surface area contributed by atoms with Gasteiger partial charge in [-0.05, 0) is 57.2 Å². The lowest BCUT2D eigenvalue weighted by Gasteiger charge is -2.35. The molecule has 4 heteroatoms. The lowest BCUT2D eigenvalue weighted by atomic mass is 9.92. The first kappa shape index (κ1) is 19.9. The van der Waals surface area contributed by atoms with Crippen molar-refractivity contribution in [2.75, 3.05) is 26.2 Å². The Morgan fingerprint density at radius 1 is 1.20 bits per heavy atom. The summed E-state index contributed by atoms with van der Waals surface area (Å²) in [5.41, 5.74) is 1.15. The van der Waals surface area contributed by atoms with E-state index in [1.54, 1.807) is 0 Å². The highest BCUT2D eigenvalue weighted by Crippen LogP contribution is 2.23. The predicted molar refractivity (Wildman–Crippen MR) is 102 cm³/mol. The minimum atomic E-state index is 0.107. The molecule has 0 saturated carbocycles. The van der Waals surface area contributed by atoms with Crippen LogP contribution in [0.2, 0.25) is 0 Å². The van der Waals surface area contributed by atoms with Gasteiger partial charge in [0.25, 0.3) is 0 Å². The third-order valence-electron chi connectivity index (χ3n) is 5.26. The van der Waals surface area contributed by atoms with E-state index in [-0.39, 0.29) is 18.4 Å². The van der Waals surface area contributed by atoms with Gasteiger partial charge in [-0.3, -0.25) is 4.79 Å². The second-order valence-electron chi connectivity index (χ2n) is 7.82. The van der Waals surface area contributed by atoms with E-state index < -0.39 is 0 Å². The minimum Gasteiger partial charge on any atom is -0.396 e. The summed E-state index contributed by atoms with van der Waals surface area (Å²) >= 11 is 0. The molecule has 25 heavy (non-hydrogen) atoms. The molecule has 140 valence electrons. The Hall–Kier alpha value is -1.39. The van der Waals surface area contributed by atoms with Crippen molar-refractivity contribution in [3.8, 4) is 0 Å². The van der Waals surface area contributed by atoms with E-state index in [4.69, 9.17) is 0 Å². The van der Waals surface area contributed by atoms with Crippen LogP contribution in [0, 0.1) is 11.8 Å². The highest BCUT2D eigenvalue weighted by molar-refractivity contribution is 5.76. The maximum Gasteiger partial charge on any atom is 0.223 e. The quantitative estimate of drug-likeness (QED) is 0.786. The van der Waals surface area contributed by atoms with Crippen LogP contribution in [-0.4, -0.2) is 53.1 Å². The largest absolute Gasteiger partial charge is 0.396 e. The molecule has 0 bridgehead atoms. The van der Waals surface area contributed by atoms with Gasteiger partial charge in [-0.2, -0.15) is 0 Å². The molecule has 1 N–H and O–H groups in total. The van der Waals surface area contributed by atoms with Crippen molar-refractivity contribution in [1.29, 1.82) is 0 Å². The highest BCUT2D eigenvalue weighted by Gasteiger charge is 2.25. The fraction of sp³-hybridized carbons (Fsp3) is 0.667. The Balaban J connectivity index is 1.93. The Labute approximate surface area is 152 Å². The molecule has 2 rings (SSSR count). The van der Waals surface area contributed by atoms with Gasteiger partial charge in [0.05, 0.1) is 0 Å². The van der Waals surface area contributed by atoms with E-state index in [2.05, 4.69) is 30.9 Å². The average molecular weight is 347 g/mol. The number of hydrogen-bond donors (Lipinski definition) is 1. The molecular weight excluding hydrogens is 312 g/mol. The second kappa shape index (κ2) is 9.93. The molecule has 1 atom stereocenters. The molecular formula is C21H34N2O2. The van der Waals surface area contributed by atoms with Gasteiger partial charge in [-0.15, -0.1) is 0 Å². The summed E-state index contributed by atoms with van der Waals surface area (Å²) < 4.78 is 0. The molecule has 1 aromatic carbocycles. The molecule has 1 heterocycles. The Kier molecular flexibility index (Phi) is 7.91. The molecule has 1 amide bonds. The number of rotatable bonds is 8. The van der Waals surface area contributed by atoms with Crippen molar-refractivity contribution in [3.05, 3.63) is 35.9 Å². The topological polar surface area (TPSA) is 43.8 Å². The third kappa shape index (κ3) is 6.44. The van der Waals surface area contributed by atoms with Crippen molar-refractivity contribution in [2.45, 2.75) is 52.6 Å². The molecule has 0 unspecified atom stereocenters. The minimum absolute atomic E-state index is 0.107. The van der Waals surface area contributed by atoms with Crippen LogP contribution in [0.15, 0.2) is 30.3 Å². The van der Waals surface area contributed by atoms with Gasteiger partial charge in [0.1, 0.15) is 0 Å². The summed E-state index contributed by atoms with van der Waals surface area (Å²) in [6.07, 6.45) is 2.86. The number of aliphatic hydroxyl groups is 1. The molecule has 1 fully saturated rings. The van der Waals surface area contributed by atoms with Crippen molar-refractivity contribution in [2.24, 2.45) is 11.8 Å². The molecule has 1 saturated heterocycles. The monoisotopic (exact) mass is 346 g/mol. The fourth-order valence-electron chi connectivity index (χ4n) is 3.54. The van der Waals surface area contributed by atoms with E-state index in [9.17, 15) is 9.90 Å². The van der Waals surface area contributed by atoms with E-state index in [0.29, 0.717) is 31.5 Å². The zero-order valence-corrected chi connectivity index (χ0v) is 16.0. The van der Waals surface area contributed by atoms with Crippen molar-refractivity contribution < 1.29 is 9.90 Å². The van der Waals surface area contributed by atoms with Crippen LogP contribution in [0.4, 0.5) is 0 Å². The Morgan fingerprint density at radius 3 is 2.40 bits per heavy atom. The zero-order chi connectivity index (χ0) is 18.2. The number of amides is 1. The van der Waals surface area contributed by atoms with E-state index in [1.807, 2.05) is 30.0 Å². The summed E-state index contributed by atoms with van der Waals surface area (Å²) in [6.45, 7) is 10.0. The first-order valence-corrected chi connectivity index (χ1v) is 9.66. The van der Waals surface area contributed by atoms with Gasteiger partial charge >= 0.3 is 0 Å². The van der Waals surface area contributed by atoms with Crippen LogP contribution in [0.25, 0.3) is 0 Å². The molecule has 1 aliphatic rings. The van der Waals surface area contributed by atoms with Gasteiger partial charge in [-0.25, -0.2) is 0 Å². The van der Waals surface area contributed by atoms with Crippen LogP contribution in [0.1, 0.15) is 45.6 Å². The first-order valence-electron chi connectivity index (χ1n) is 9.66. The number of hydrogen-bond acceptors (Lipinski definition) is 3. The van der Waals surface area contributed by atoms with Crippen molar-refractivity contribution in [1.82, 2.24) is 9.80 Å². The maximum absolute atomic E-state index is 12.9. The number of nitrogens with zero attached hydrogens (tertiary/aromatic N) is 2. The number of benzene rings is 1. The Bertz CT molecular complexity index is 510. The first-order chi connectivity index (χ1) is 12.0. The molecule has 1 aliphatic heterocycles. The summed E-state index contributed by atoms with van der Waals surface area (Å²) in [4.78, 5) is 17.3. The predicted octanol–water partition coefficient (Wildman–Crippen LogP) is 3.15. The van der Waals surface area contributed by atoms with E-state index in [1.165, 1.54) is 0 Å². The van der Waals surface area contributed by atoms with Gasteiger partial charge in [0.2, 0.25) is 5.91 Å². The number of aliphatic hydroxyl groups excluding tert-OH is 1. The second-order valence-corrected chi connectivity index (χ2v) is 7.82. The van der Waals surface area contributed by atoms with Gasteiger partial charge in [0.15, 0.2) is 0 Å². The Morgan fingerprint density at radius 2 is 1.84 bits per heavy atom. The zero-order valence-electron chi connectivity index (χ0n) is 16.0. The number of carbonyl (C=O) groups is 1. The number of carbonyl (C=O) groups excluding carboxylic acids is 1. The van der Waals surface area contributed by atoms with Crippen LogP contribution in [-0.2, 0) is 11.3 Å². The van der Waals surface area contributed by atoms with Crippen LogP contribution in [0.5, 0.6) is 0 Å². The normalized spacial score (nSPS) is 17.6. The lowest BCUT2D eigenvalue weighted by molar-refractivity contribution is -0.134. The molecule has 4 nitrogen and oxygen atoms in total. The van der Waals surface area contributed by atoms with Gasteiger partial charge in [-0.1, -0.05) is 37.3 Å². The summed E-state index contributed by atoms with van der Waals surface area (Å²) in [5, 5.41) is 9.39. The molecule has 0 aliphatic carbocycles. The third-order valence-corrected chi connectivity index (χ3v) is 5.26. The molecule has 0 radical (unpaired) electrons. The summed E-state index contributed by atoms with van der Waals surface area (Å²) in [7, 11) is 0. The van der Waals surface area contributed by atoms with Crippen molar-refractivity contribution in [3.63, 3.8) is 0 Å².